The Hall–Kier alpha value is -0.320. The third-order valence-corrected chi connectivity index (χ3v) is 4.39. The largest absolute Gasteiger partial charge is 0.463 e. The molecule has 4 nitrogen and oxygen atoms in total. The highest BCUT2D eigenvalue weighted by Gasteiger charge is 2.02. The van der Waals surface area contributed by atoms with E-state index in [1.54, 1.807) is 6.92 Å². The maximum Gasteiger partial charge on any atom is 0.302 e. The number of aliphatic hydroxyl groups is 2. The predicted octanol–water partition coefficient (Wildman–Crippen LogP) is 8.29. The van der Waals surface area contributed by atoms with E-state index in [1.807, 2.05) is 27.7 Å². The van der Waals surface area contributed by atoms with Crippen LogP contribution in [0.1, 0.15) is 140 Å². The smallest absolute Gasteiger partial charge is 0.302 e. The average Bonchev–Trinajstić information content (AvgIpc) is 2.73. The lowest BCUT2D eigenvalue weighted by Crippen LogP contribution is -2.11. The van der Waals surface area contributed by atoms with Gasteiger partial charge in [0.05, 0.1) is 18.3 Å². The van der Waals surface area contributed by atoms with Gasteiger partial charge in [0.15, 0.2) is 0 Å². The van der Waals surface area contributed by atoms with Crippen LogP contribution in [0.2, 0.25) is 0 Å². The van der Waals surface area contributed by atoms with E-state index in [9.17, 15) is 4.79 Å². The third kappa shape index (κ3) is 72.7. The number of rotatable bonds is 10. The summed E-state index contributed by atoms with van der Waals surface area (Å²) < 4.78 is 4.91. The lowest BCUT2D eigenvalue weighted by Gasteiger charge is -2.09. The maximum absolute atomic E-state index is 10.4. The first kappa shape index (κ1) is 41.0. The van der Waals surface area contributed by atoms with Crippen molar-refractivity contribution < 1.29 is 19.7 Å². The van der Waals surface area contributed by atoms with Gasteiger partial charge in [-0.15, -0.1) is 11.6 Å². The summed E-state index contributed by atoms with van der Waals surface area (Å²) in [5.74, 6) is -0.177. The average molecular weight is 471 g/mol. The van der Waals surface area contributed by atoms with E-state index < -0.39 is 0 Å². The van der Waals surface area contributed by atoms with Crippen LogP contribution in [0, 0.1) is 0 Å². The second kappa shape index (κ2) is 37.0. The summed E-state index contributed by atoms with van der Waals surface area (Å²) in [4.78, 5) is 10.4. The first-order valence-corrected chi connectivity index (χ1v) is 13.0. The fourth-order valence-electron chi connectivity index (χ4n) is 1.37. The SMILES string of the molecule is CCC(C)Cl.CCC(C)O.CCCC.CCCC(O)CC.CCCCC(C)OC(C)=O. The van der Waals surface area contributed by atoms with Crippen molar-refractivity contribution >= 4 is 17.6 Å². The summed E-state index contributed by atoms with van der Waals surface area (Å²) in [5, 5.41) is 17.6. The van der Waals surface area contributed by atoms with Crippen LogP contribution in [0.25, 0.3) is 0 Å². The number of carbonyl (C=O) groups excluding carboxylic acids is 1. The Morgan fingerprint density at radius 3 is 1.35 bits per heavy atom. The van der Waals surface area contributed by atoms with Crippen LogP contribution in [-0.4, -0.2) is 39.9 Å². The van der Waals surface area contributed by atoms with E-state index in [0.29, 0.717) is 5.38 Å². The molecular formula is C26H59ClO4. The zero-order chi connectivity index (χ0) is 25.7. The molecule has 4 atom stereocenters. The highest BCUT2D eigenvalue weighted by molar-refractivity contribution is 6.20. The Labute approximate surface area is 201 Å². The number of ether oxygens (including phenoxy) is 1. The summed E-state index contributed by atoms with van der Waals surface area (Å²) in [6, 6.07) is 0. The van der Waals surface area contributed by atoms with E-state index >= 15 is 0 Å². The van der Waals surface area contributed by atoms with Gasteiger partial charge < -0.3 is 14.9 Å². The van der Waals surface area contributed by atoms with Crippen LogP contribution >= 0.6 is 11.6 Å². The Morgan fingerprint density at radius 1 is 0.774 bits per heavy atom. The van der Waals surface area contributed by atoms with Crippen LogP contribution in [0.5, 0.6) is 0 Å². The van der Waals surface area contributed by atoms with E-state index in [4.69, 9.17) is 26.6 Å². The Kier molecular flexibility index (Phi) is 48.9. The van der Waals surface area contributed by atoms with Gasteiger partial charge >= 0.3 is 5.97 Å². The van der Waals surface area contributed by atoms with Crippen LogP contribution in [-0.2, 0) is 9.53 Å². The molecule has 0 aliphatic rings. The fourth-order valence-corrected chi connectivity index (χ4v) is 1.37. The van der Waals surface area contributed by atoms with Gasteiger partial charge in [-0.3, -0.25) is 4.79 Å². The summed E-state index contributed by atoms with van der Waals surface area (Å²) in [5.41, 5.74) is 0. The molecule has 0 heterocycles. The van der Waals surface area contributed by atoms with Gasteiger partial charge in [0.1, 0.15) is 0 Å². The van der Waals surface area contributed by atoms with Crippen molar-refractivity contribution in [3.63, 3.8) is 0 Å². The van der Waals surface area contributed by atoms with Gasteiger partial charge in [-0.05, 0) is 52.9 Å². The highest BCUT2D eigenvalue weighted by atomic mass is 35.5. The van der Waals surface area contributed by atoms with Crippen LogP contribution < -0.4 is 0 Å². The molecule has 0 saturated carbocycles. The summed E-state index contributed by atoms with van der Waals surface area (Å²) in [7, 11) is 0. The van der Waals surface area contributed by atoms with Gasteiger partial charge in [-0.25, -0.2) is 0 Å². The van der Waals surface area contributed by atoms with E-state index in [-0.39, 0.29) is 24.3 Å². The fraction of sp³-hybridized carbons (Fsp3) is 0.962. The molecule has 0 aromatic rings. The van der Waals surface area contributed by atoms with Crippen molar-refractivity contribution in [3.05, 3.63) is 0 Å². The number of aliphatic hydroxyl groups excluding tert-OH is 2. The van der Waals surface area contributed by atoms with E-state index in [1.165, 1.54) is 19.8 Å². The summed E-state index contributed by atoms with van der Waals surface area (Å²) >= 11 is 5.46. The number of unbranched alkanes of at least 4 members (excludes halogenated alkanes) is 2. The van der Waals surface area contributed by atoms with Gasteiger partial charge in [-0.2, -0.15) is 0 Å². The van der Waals surface area contributed by atoms with Crippen molar-refractivity contribution in [2.75, 3.05) is 0 Å². The minimum absolute atomic E-state index is 0.0509. The molecule has 0 spiro atoms. The zero-order valence-corrected chi connectivity index (χ0v) is 23.7. The predicted molar refractivity (Wildman–Crippen MR) is 140 cm³/mol. The maximum atomic E-state index is 10.4. The van der Waals surface area contributed by atoms with Crippen molar-refractivity contribution in [1.29, 1.82) is 0 Å². The second-order valence-corrected chi connectivity index (χ2v) is 8.60. The van der Waals surface area contributed by atoms with Gasteiger partial charge in [-0.1, -0.05) is 80.6 Å². The molecular weight excluding hydrogens is 412 g/mol. The molecule has 0 fully saturated rings. The number of hydrogen-bond acceptors (Lipinski definition) is 4. The minimum Gasteiger partial charge on any atom is -0.463 e. The molecule has 4 unspecified atom stereocenters. The lowest BCUT2D eigenvalue weighted by molar-refractivity contribution is -0.145. The van der Waals surface area contributed by atoms with E-state index in [0.717, 1.165) is 51.4 Å². The molecule has 0 aliphatic carbocycles. The topological polar surface area (TPSA) is 66.8 Å². The number of hydrogen-bond donors (Lipinski definition) is 2. The molecule has 5 heteroatoms. The molecule has 0 rings (SSSR count). The van der Waals surface area contributed by atoms with E-state index in [2.05, 4.69) is 34.6 Å². The van der Waals surface area contributed by atoms with Crippen LogP contribution in [0.3, 0.4) is 0 Å². The first-order valence-electron chi connectivity index (χ1n) is 12.6. The van der Waals surface area contributed by atoms with Crippen molar-refractivity contribution in [3.8, 4) is 0 Å². The standard InChI is InChI=1S/C8H16O2.C6H14O.C4H9Cl.C4H10O.C4H10/c1-4-5-6-7(2)10-8(3)9;1-3-5-6(7)4-2;2*1-3-4(2)5;1-3-4-2/h7H,4-6H2,1-3H3;6-7H,3-5H2,1-2H3;4H,3H2,1-2H3;4-5H,3H2,1-2H3;3-4H2,1-2H3. The quantitative estimate of drug-likeness (QED) is 0.249. The molecule has 0 bridgehead atoms. The van der Waals surface area contributed by atoms with Crippen molar-refractivity contribution in [2.24, 2.45) is 0 Å². The number of alkyl halides is 1. The molecule has 0 aromatic heterocycles. The molecule has 0 amide bonds. The van der Waals surface area contributed by atoms with Crippen LogP contribution in [0.4, 0.5) is 0 Å². The van der Waals surface area contributed by atoms with Gasteiger partial charge in [0.25, 0.3) is 0 Å². The molecule has 194 valence electrons. The number of carbonyl (C=O) groups is 1. The number of esters is 1. The highest BCUT2D eigenvalue weighted by Crippen LogP contribution is 2.03. The normalized spacial score (nSPS) is 13.1. The van der Waals surface area contributed by atoms with Gasteiger partial charge in [0.2, 0.25) is 0 Å². The molecule has 0 aromatic carbocycles. The van der Waals surface area contributed by atoms with Crippen molar-refractivity contribution in [1.82, 2.24) is 0 Å². The Balaban J connectivity index is -0.0000000951. The van der Waals surface area contributed by atoms with Gasteiger partial charge in [0, 0.05) is 12.3 Å². The third-order valence-electron chi connectivity index (χ3n) is 4.08. The Bertz CT molecular complexity index is 287. The lowest BCUT2D eigenvalue weighted by atomic mass is 10.2. The molecule has 0 saturated heterocycles. The minimum atomic E-state index is -0.177. The van der Waals surface area contributed by atoms with Crippen molar-refractivity contribution in [2.45, 2.75) is 164 Å². The number of halogens is 1. The Morgan fingerprint density at radius 2 is 1.19 bits per heavy atom. The summed E-state index contributed by atoms with van der Waals surface area (Å²) in [6.07, 6.45) is 10.7. The summed E-state index contributed by atoms with van der Waals surface area (Å²) in [6.45, 7) is 21.7. The molecule has 2 N–H and O–H groups in total. The first-order chi connectivity index (χ1) is 14.4. The molecule has 31 heavy (non-hydrogen) atoms. The monoisotopic (exact) mass is 470 g/mol. The van der Waals surface area contributed by atoms with Crippen LogP contribution in [0.15, 0.2) is 0 Å². The second-order valence-electron chi connectivity index (χ2n) is 7.86. The molecule has 0 aliphatic heterocycles. The zero-order valence-electron chi connectivity index (χ0n) is 23.0. The molecule has 0 radical (unpaired) electrons.